The van der Waals surface area contributed by atoms with Crippen LogP contribution >= 0.6 is 0 Å². The van der Waals surface area contributed by atoms with E-state index in [2.05, 4.69) is 23.9 Å². The van der Waals surface area contributed by atoms with Crippen LogP contribution in [-0.2, 0) is 11.4 Å². The van der Waals surface area contributed by atoms with Crippen LogP contribution in [-0.4, -0.2) is 77.5 Å². The molecule has 1 aromatic carbocycles. The molecule has 2 unspecified atom stereocenters. The van der Waals surface area contributed by atoms with Gasteiger partial charge in [-0.3, -0.25) is 14.5 Å². The van der Waals surface area contributed by atoms with Crippen molar-refractivity contribution in [3.63, 3.8) is 0 Å². The SMILES string of the molecule is Cc1noc(C)c1COc1ccccc1C(=O)N1CCN(CC(=O)N2CC(C)CC(C)C2)CC1. The summed E-state index contributed by atoms with van der Waals surface area (Å²) in [5, 5.41) is 3.96. The van der Waals surface area contributed by atoms with Gasteiger partial charge < -0.3 is 19.1 Å². The lowest BCUT2D eigenvalue weighted by Crippen LogP contribution is -2.53. The summed E-state index contributed by atoms with van der Waals surface area (Å²) < 4.78 is 11.2. The number of aromatic nitrogens is 1. The molecule has 2 atom stereocenters. The van der Waals surface area contributed by atoms with Gasteiger partial charge in [-0.05, 0) is 44.2 Å². The Kier molecular flexibility index (Phi) is 7.56. The number of benzene rings is 1. The van der Waals surface area contributed by atoms with Crippen LogP contribution < -0.4 is 4.74 Å². The summed E-state index contributed by atoms with van der Waals surface area (Å²) in [7, 11) is 0. The van der Waals surface area contributed by atoms with Crippen molar-refractivity contribution in [2.45, 2.75) is 40.7 Å². The van der Waals surface area contributed by atoms with Gasteiger partial charge >= 0.3 is 0 Å². The molecule has 0 saturated carbocycles. The van der Waals surface area contributed by atoms with Crippen molar-refractivity contribution in [2.24, 2.45) is 11.8 Å². The van der Waals surface area contributed by atoms with Crippen LogP contribution in [0.1, 0.15) is 47.6 Å². The molecule has 0 radical (unpaired) electrons. The number of hydrogen-bond acceptors (Lipinski definition) is 6. The third-order valence-electron chi connectivity index (χ3n) is 6.91. The Morgan fingerprint density at radius 1 is 1.03 bits per heavy atom. The van der Waals surface area contributed by atoms with Crippen molar-refractivity contribution < 1.29 is 18.8 Å². The summed E-state index contributed by atoms with van der Waals surface area (Å²) in [6.45, 7) is 13.2. The largest absolute Gasteiger partial charge is 0.488 e. The average Bonchev–Trinajstić information content (AvgIpc) is 3.14. The smallest absolute Gasteiger partial charge is 0.257 e. The first kappa shape index (κ1) is 24.3. The molecule has 2 aliphatic heterocycles. The van der Waals surface area contributed by atoms with Crippen molar-refractivity contribution in [2.75, 3.05) is 45.8 Å². The predicted molar refractivity (Wildman–Crippen MR) is 129 cm³/mol. The van der Waals surface area contributed by atoms with E-state index in [9.17, 15) is 9.59 Å². The summed E-state index contributed by atoms with van der Waals surface area (Å²) in [5.74, 6) is 2.55. The number of amides is 2. The Bertz CT molecular complexity index is 982. The number of aryl methyl sites for hydroxylation is 2. The van der Waals surface area contributed by atoms with Gasteiger partial charge in [-0.25, -0.2) is 0 Å². The molecule has 184 valence electrons. The van der Waals surface area contributed by atoms with Gasteiger partial charge in [0, 0.05) is 39.3 Å². The molecule has 2 fully saturated rings. The van der Waals surface area contributed by atoms with Gasteiger partial charge in [0.15, 0.2) is 0 Å². The number of piperidine rings is 1. The van der Waals surface area contributed by atoms with Crippen molar-refractivity contribution in [3.05, 3.63) is 46.8 Å². The number of carbonyl (C=O) groups excluding carboxylic acids is 2. The zero-order valence-electron chi connectivity index (χ0n) is 20.7. The molecule has 0 N–H and O–H groups in total. The fraction of sp³-hybridized carbons (Fsp3) is 0.577. The molecule has 4 rings (SSSR count). The maximum atomic E-state index is 13.3. The Hall–Kier alpha value is -2.87. The van der Waals surface area contributed by atoms with Gasteiger partial charge in [0.2, 0.25) is 5.91 Å². The maximum Gasteiger partial charge on any atom is 0.257 e. The molecule has 2 amide bonds. The Balaban J connectivity index is 1.32. The average molecular weight is 469 g/mol. The Morgan fingerprint density at radius 2 is 1.71 bits per heavy atom. The van der Waals surface area contributed by atoms with Crippen LogP contribution in [0, 0.1) is 25.7 Å². The van der Waals surface area contributed by atoms with Crippen LogP contribution in [0.3, 0.4) is 0 Å². The third kappa shape index (κ3) is 5.60. The second-order valence-electron chi connectivity index (χ2n) is 9.90. The molecule has 3 heterocycles. The number of carbonyl (C=O) groups is 2. The fourth-order valence-electron chi connectivity index (χ4n) is 5.06. The highest BCUT2D eigenvalue weighted by Crippen LogP contribution is 2.24. The maximum absolute atomic E-state index is 13.3. The molecule has 2 aliphatic rings. The van der Waals surface area contributed by atoms with E-state index in [1.54, 1.807) is 6.07 Å². The van der Waals surface area contributed by atoms with E-state index < -0.39 is 0 Å². The monoisotopic (exact) mass is 468 g/mol. The first-order valence-electron chi connectivity index (χ1n) is 12.2. The number of rotatable bonds is 6. The van der Waals surface area contributed by atoms with Crippen molar-refractivity contribution in [1.82, 2.24) is 19.9 Å². The molecule has 1 aromatic heterocycles. The Labute approximate surface area is 201 Å². The third-order valence-corrected chi connectivity index (χ3v) is 6.91. The van der Waals surface area contributed by atoms with Gasteiger partial charge in [-0.2, -0.15) is 0 Å². The minimum Gasteiger partial charge on any atom is -0.488 e. The molecule has 34 heavy (non-hydrogen) atoms. The van der Waals surface area contributed by atoms with E-state index in [0.29, 0.717) is 62.5 Å². The summed E-state index contributed by atoms with van der Waals surface area (Å²) in [6.07, 6.45) is 1.19. The number of likely N-dealkylation sites (tertiary alicyclic amines) is 1. The van der Waals surface area contributed by atoms with Crippen LogP contribution in [0.4, 0.5) is 0 Å². The number of piperazine rings is 1. The number of para-hydroxylation sites is 1. The van der Waals surface area contributed by atoms with Crippen LogP contribution in [0.5, 0.6) is 5.75 Å². The second-order valence-corrected chi connectivity index (χ2v) is 9.90. The topological polar surface area (TPSA) is 79.1 Å². The summed E-state index contributed by atoms with van der Waals surface area (Å²) in [5.41, 5.74) is 2.24. The first-order valence-corrected chi connectivity index (χ1v) is 12.2. The Morgan fingerprint density at radius 3 is 2.35 bits per heavy atom. The highest BCUT2D eigenvalue weighted by atomic mass is 16.5. The van der Waals surface area contributed by atoms with E-state index in [1.807, 2.05) is 41.8 Å². The van der Waals surface area contributed by atoms with Crippen molar-refractivity contribution in [1.29, 1.82) is 0 Å². The van der Waals surface area contributed by atoms with E-state index in [1.165, 1.54) is 6.42 Å². The van der Waals surface area contributed by atoms with Gasteiger partial charge in [0.1, 0.15) is 18.1 Å². The lowest BCUT2D eigenvalue weighted by atomic mass is 9.92. The molecule has 2 aromatic rings. The van der Waals surface area contributed by atoms with E-state index >= 15 is 0 Å². The van der Waals surface area contributed by atoms with Gasteiger partial charge in [-0.15, -0.1) is 0 Å². The molecule has 2 saturated heterocycles. The number of ether oxygens (including phenoxy) is 1. The van der Waals surface area contributed by atoms with E-state index in [4.69, 9.17) is 9.26 Å². The molecule has 8 heteroatoms. The fourth-order valence-corrected chi connectivity index (χ4v) is 5.06. The molecular weight excluding hydrogens is 432 g/mol. The summed E-state index contributed by atoms with van der Waals surface area (Å²) in [4.78, 5) is 32.1. The molecule has 0 spiro atoms. The van der Waals surface area contributed by atoms with Crippen molar-refractivity contribution in [3.8, 4) is 5.75 Å². The first-order chi connectivity index (χ1) is 16.3. The molecule has 0 aliphatic carbocycles. The minimum atomic E-state index is -0.0426. The zero-order chi connectivity index (χ0) is 24.2. The predicted octanol–water partition coefficient (Wildman–Crippen LogP) is 3.13. The normalized spacial score (nSPS) is 21.5. The van der Waals surface area contributed by atoms with Gasteiger partial charge in [0.25, 0.3) is 5.91 Å². The van der Waals surface area contributed by atoms with Crippen LogP contribution in [0.25, 0.3) is 0 Å². The standard InChI is InChI=1S/C26H36N4O4/c1-18-13-19(2)15-30(14-18)25(31)16-28-9-11-29(12-10-28)26(32)22-7-5-6-8-24(22)33-17-23-20(3)27-34-21(23)4/h5-8,18-19H,9-17H2,1-4H3. The highest BCUT2D eigenvalue weighted by molar-refractivity contribution is 5.97. The van der Waals surface area contributed by atoms with Crippen molar-refractivity contribution >= 4 is 11.8 Å². The molecule has 8 nitrogen and oxygen atoms in total. The number of nitrogens with zero attached hydrogens (tertiary/aromatic N) is 4. The minimum absolute atomic E-state index is 0.0426. The molecular formula is C26H36N4O4. The second kappa shape index (κ2) is 10.6. The lowest BCUT2D eigenvalue weighted by molar-refractivity contribution is -0.135. The quantitative estimate of drug-likeness (QED) is 0.648. The van der Waals surface area contributed by atoms with Gasteiger partial charge in [0.05, 0.1) is 23.4 Å². The van der Waals surface area contributed by atoms with Crippen LogP contribution in [0.15, 0.2) is 28.8 Å². The lowest BCUT2D eigenvalue weighted by Gasteiger charge is -2.38. The van der Waals surface area contributed by atoms with Gasteiger partial charge in [-0.1, -0.05) is 31.1 Å². The zero-order valence-corrected chi connectivity index (χ0v) is 20.7. The van der Waals surface area contributed by atoms with E-state index in [0.717, 1.165) is 30.1 Å². The van der Waals surface area contributed by atoms with E-state index in [-0.39, 0.29) is 11.8 Å². The van der Waals surface area contributed by atoms with Crippen LogP contribution in [0.2, 0.25) is 0 Å². The summed E-state index contributed by atoms with van der Waals surface area (Å²) in [6, 6.07) is 7.34. The number of hydrogen-bond donors (Lipinski definition) is 0. The molecule has 0 bridgehead atoms. The summed E-state index contributed by atoms with van der Waals surface area (Å²) >= 11 is 0. The highest BCUT2D eigenvalue weighted by Gasteiger charge is 2.29.